The molecule has 31 heavy (non-hydrogen) atoms. The van der Waals surface area contributed by atoms with E-state index in [1.54, 1.807) is 18.3 Å². The van der Waals surface area contributed by atoms with E-state index in [0.717, 1.165) is 20.6 Å². The maximum atomic E-state index is 12.8. The molecule has 4 nitrogen and oxygen atoms in total. The Balaban J connectivity index is 1.89. The van der Waals surface area contributed by atoms with Crippen LogP contribution in [0.4, 0.5) is 18.9 Å². The summed E-state index contributed by atoms with van der Waals surface area (Å²) in [6.07, 6.45) is 1.77. The van der Waals surface area contributed by atoms with Crippen LogP contribution in [-0.4, -0.2) is 29.3 Å². The minimum Gasteiger partial charge on any atom is -0.363 e. The summed E-state index contributed by atoms with van der Waals surface area (Å²) < 4.78 is 44.4. The zero-order chi connectivity index (χ0) is 22.8. The first kappa shape index (κ1) is 23.8. The lowest BCUT2D eigenvalue weighted by Gasteiger charge is -2.23. The van der Waals surface area contributed by atoms with Gasteiger partial charge in [-0.25, -0.2) is 4.98 Å². The molecule has 0 N–H and O–H groups in total. The molecule has 0 saturated carbocycles. The second-order valence-electron chi connectivity index (χ2n) is 7.72. The molecular formula is C21H21ClF3N3OS2. The predicted molar refractivity (Wildman–Crippen MR) is 122 cm³/mol. The first-order valence-corrected chi connectivity index (χ1v) is 11.3. The van der Waals surface area contributed by atoms with Crippen LogP contribution < -0.4 is 4.31 Å². The fourth-order valence-corrected chi connectivity index (χ4v) is 4.48. The number of thiazole rings is 1. The SMILES string of the molecule is COCN(SC(F)(F)F)c1ccc(-c2csc(-c3ccnc(C(C)(C)C)c3)n2)c(Cl)c1. The van der Waals surface area contributed by atoms with Gasteiger partial charge in [0.15, 0.2) is 0 Å². The molecule has 0 radical (unpaired) electrons. The Bertz CT molecular complexity index is 1050. The molecule has 0 aliphatic rings. The van der Waals surface area contributed by atoms with E-state index < -0.39 is 5.51 Å². The van der Waals surface area contributed by atoms with Gasteiger partial charge in [0.25, 0.3) is 0 Å². The molecule has 1 aromatic carbocycles. The predicted octanol–water partition coefficient (Wildman–Crippen LogP) is 7.40. The van der Waals surface area contributed by atoms with Gasteiger partial charge in [-0.15, -0.1) is 11.3 Å². The van der Waals surface area contributed by atoms with Crippen LogP contribution in [0.2, 0.25) is 5.02 Å². The van der Waals surface area contributed by atoms with E-state index >= 15 is 0 Å². The van der Waals surface area contributed by atoms with E-state index in [4.69, 9.17) is 16.3 Å². The minimum atomic E-state index is -4.44. The maximum Gasteiger partial charge on any atom is 0.461 e. The molecule has 2 aromatic heterocycles. The number of halogens is 4. The molecule has 10 heteroatoms. The highest BCUT2D eigenvalue weighted by molar-refractivity contribution is 8.01. The Morgan fingerprint density at radius 2 is 1.90 bits per heavy atom. The summed E-state index contributed by atoms with van der Waals surface area (Å²) in [6.45, 7) is 6.05. The van der Waals surface area contributed by atoms with E-state index in [2.05, 4.69) is 30.7 Å². The summed E-state index contributed by atoms with van der Waals surface area (Å²) in [4.78, 5) is 9.13. The lowest BCUT2D eigenvalue weighted by Crippen LogP contribution is -2.22. The standard InChI is InChI=1S/C21H21ClF3N3OS2/c1-20(2,3)18-9-13(7-8-26-18)19-27-17(11-30-19)15-6-5-14(10-16(15)22)28(12-29-4)31-21(23,24)25/h5-11H,12H2,1-4H3. The number of hydrogen-bond acceptors (Lipinski definition) is 6. The Morgan fingerprint density at radius 1 is 1.16 bits per heavy atom. The third-order valence-corrected chi connectivity index (χ3v) is 6.20. The molecule has 0 spiro atoms. The number of benzene rings is 1. The van der Waals surface area contributed by atoms with E-state index in [-0.39, 0.29) is 29.8 Å². The number of nitrogens with zero attached hydrogens (tertiary/aromatic N) is 3. The van der Waals surface area contributed by atoms with Crippen LogP contribution in [0, 0.1) is 0 Å². The van der Waals surface area contributed by atoms with Crippen LogP contribution in [0.1, 0.15) is 26.5 Å². The van der Waals surface area contributed by atoms with Crippen molar-refractivity contribution in [3.05, 3.63) is 52.6 Å². The van der Waals surface area contributed by atoms with Crippen LogP contribution in [0.25, 0.3) is 21.8 Å². The Labute approximate surface area is 192 Å². The third kappa shape index (κ3) is 6.12. The average Bonchev–Trinajstić information content (AvgIpc) is 3.16. The van der Waals surface area contributed by atoms with Crippen molar-refractivity contribution < 1.29 is 17.9 Å². The largest absolute Gasteiger partial charge is 0.461 e. The van der Waals surface area contributed by atoms with E-state index in [1.807, 2.05) is 17.5 Å². The summed E-state index contributed by atoms with van der Waals surface area (Å²) in [5.74, 6) is 0. The normalized spacial score (nSPS) is 12.3. The molecule has 0 saturated heterocycles. The smallest absolute Gasteiger partial charge is 0.363 e. The Hall–Kier alpha value is -1.81. The summed E-state index contributed by atoms with van der Waals surface area (Å²) in [6, 6.07) is 8.65. The average molecular weight is 488 g/mol. The van der Waals surface area contributed by atoms with Crippen molar-refractivity contribution >= 4 is 40.6 Å². The van der Waals surface area contributed by atoms with Crippen LogP contribution in [-0.2, 0) is 10.2 Å². The Kier molecular flexibility index (Phi) is 7.20. The van der Waals surface area contributed by atoms with Crippen molar-refractivity contribution in [2.24, 2.45) is 0 Å². The monoisotopic (exact) mass is 487 g/mol. The molecule has 0 atom stereocenters. The van der Waals surface area contributed by atoms with Gasteiger partial charge in [-0.2, -0.15) is 13.2 Å². The molecular weight excluding hydrogens is 467 g/mol. The Morgan fingerprint density at radius 3 is 2.52 bits per heavy atom. The quantitative estimate of drug-likeness (QED) is 0.267. The van der Waals surface area contributed by atoms with Crippen LogP contribution in [0.5, 0.6) is 0 Å². The van der Waals surface area contributed by atoms with E-state index in [9.17, 15) is 13.2 Å². The highest BCUT2D eigenvalue weighted by atomic mass is 35.5. The van der Waals surface area contributed by atoms with Gasteiger partial charge in [-0.3, -0.25) is 9.29 Å². The molecule has 3 rings (SSSR count). The van der Waals surface area contributed by atoms with Gasteiger partial charge in [0.1, 0.15) is 11.7 Å². The van der Waals surface area contributed by atoms with Gasteiger partial charge in [0.05, 0.1) is 28.4 Å². The summed E-state index contributed by atoms with van der Waals surface area (Å²) in [5.41, 5.74) is -1.01. The fraction of sp³-hybridized carbons (Fsp3) is 0.333. The molecule has 0 bridgehead atoms. The number of aromatic nitrogens is 2. The van der Waals surface area contributed by atoms with Crippen molar-refractivity contribution in [2.75, 3.05) is 18.1 Å². The second kappa shape index (κ2) is 9.36. The highest BCUT2D eigenvalue weighted by Gasteiger charge is 2.33. The molecule has 3 aromatic rings. The van der Waals surface area contributed by atoms with Crippen LogP contribution in [0.3, 0.4) is 0 Å². The molecule has 2 heterocycles. The first-order chi connectivity index (χ1) is 14.5. The molecule has 0 unspecified atom stereocenters. The van der Waals surface area contributed by atoms with Gasteiger partial charge in [0.2, 0.25) is 0 Å². The highest BCUT2D eigenvalue weighted by Crippen LogP contribution is 2.40. The minimum absolute atomic E-state index is 0.0856. The second-order valence-corrected chi connectivity index (χ2v) is 10.1. The molecule has 0 amide bonds. The fourth-order valence-electron chi connectivity index (χ4n) is 2.77. The van der Waals surface area contributed by atoms with Crippen molar-refractivity contribution in [1.29, 1.82) is 0 Å². The summed E-state index contributed by atoms with van der Waals surface area (Å²) >= 11 is 7.61. The number of pyridine rings is 1. The van der Waals surface area contributed by atoms with E-state index in [0.29, 0.717) is 16.3 Å². The number of anilines is 1. The van der Waals surface area contributed by atoms with Crippen molar-refractivity contribution in [3.8, 4) is 21.8 Å². The van der Waals surface area contributed by atoms with Crippen molar-refractivity contribution in [3.63, 3.8) is 0 Å². The van der Waals surface area contributed by atoms with Crippen molar-refractivity contribution in [1.82, 2.24) is 9.97 Å². The number of methoxy groups -OCH3 is 1. The van der Waals surface area contributed by atoms with Gasteiger partial charge in [-0.1, -0.05) is 32.4 Å². The first-order valence-electron chi connectivity index (χ1n) is 9.22. The van der Waals surface area contributed by atoms with Gasteiger partial charge in [-0.05, 0) is 30.3 Å². The summed E-state index contributed by atoms with van der Waals surface area (Å²) in [5, 5.41) is 3.00. The molecule has 166 valence electrons. The molecule has 0 aliphatic carbocycles. The van der Waals surface area contributed by atoms with Gasteiger partial charge >= 0.3 is 5.51 Å². The van der Waals surface area contributed by atoms with Crippen LogP contribution >= 0.6 is 34.9 Å². The number of hydrogen-bond donors (Lipinski definition) is 0. The zero-order valence-electron chi connectivity index (χ0n) is 17.3. The van der Waals surface area contributed by atoms with Gasteiger partial charge < -0.3 is 4.74 Å². The number of rotatable bonds is 6. The van der Waals surface area contributed by atoms with Crippen molar-refractivity contribution in [2.45, 2.75) is 31.7 Å². The maximum absolute atomic E-state index is 12.8. The number of alkyl halides is 3. The zero-order valence-corrected chi connectivity index (χ0v) is 19.7. The van der Waals surface area contributed by atoms with Crippen LogP contribution in [0.15, 0.2) is 41.9 Å². The molecule has 0 fully saturated rings. The number of ether oxygens (including phenoxy) is 1. The summed E-state index contributed by atoms with van der Waals surface area (Å²) in [7, 11) is 1.33. The van der Waals surface area contributed by atoms with E-state index in [1.165, 1.54) is 24.5 Å². The lowest BCUT2D eigenvalue weighted by molar-refractivity contribution is -0.0333. The topological polar surface area (TPSA) is 38.2 Å². The van der Waals surface area contributed by atoms with Gasteiger partial charge in [0, 0.05) is 40.9 Å². The third-order valence-electron chi connectivity index (χ3n) is 4.26. The molecule has 0 aliphatic heterocycles. The lowest BCUT2D eigenvalue weighted by atomic mass is 9.91.